The third-order valence-electron chi connectivity index (χ3n) is 5.59. The van der Waals surface area contributed by atoms with Crippen LogP contribution in [0.25, 0.3) is 10.9 Å². The van der Waals surface area contributed by atoms with Crippen LogP contribution in [-0.2, 0) is 11.4 Å². The molecule has 2 heterocycles. The summed E-state index contributed by atoms with van der Waals surface area (Å²) in [7, 11) is 1.56. The van der Waals surface area contributed by atoms with Crippen LogP contribution >= 0.6 is 11.6 Å². The zero-order valence-corrected chi connectivity index (χ0v) is 19.5. The van der Waals surface area contributed by atoms with E-state index in [9.17, 15) is 5.11 Å². The van der Waals surface area contributed by atoms with E-state index in [4.69, 9.17) is 21.2 Å². The Balaban J connectivity index is 1.79. The Hall–Kier alpha value is -2.87. The molecule has 0 atom stereocenters. The number of hydrogen-bond donors (Lipinski definition) is 2. The number of nitrogens with one attached hydrogen (secondary N) is 1. The Kier molecular flexibility index (Phi) is 7.99. The van der Waals surface area contributed by atoms with E-state index in [1.54, 1.807) is 18.2 Å². The zero-order valence-electron chi connectivity index (χ0n) is 18.8. The first-order valence-corrected chi connectivity index (χ1v) is 11.6. The smallest absolute Gasteiger partial charge is 0.173 e. The Morgan fingerprint density at radius 1 is 1.09 bits per heavy atom. The molecule has 4 rings (SSSR count). The molecular weight excluding hydrogens is 440 g/mol. The summed E-state index contributed by atoms with van der Waals surface area (Å²) in [6.07, 6.45) is 11.0. The molecule has 3 aromatic rings. The molecule has 0 spiro atoms. The average molecular weight is 469 g/mol. The second kappa shape index (κ2) is 11.3. The van der Waals surface area contributed by atoms with Crippen LogP contribution in [0.2, 0.25) is 5.02 Å². The molecule has 2 aromatic carbocycles. The standard InChI is InChI=1S/C25H29ClN4O3/c1-32-30-21-15-19(26)10-9-18(21)16-27-13-7-5-3-2-4-6-8-14-33-22-12-11-20-23(24(22)31)25(30)29-17-28-20/h2,4,9-12,15,17,27,31H,3,5-8,13-14,16H2,1H3. The number of halogens is 1. The van der Waals surface area contributed by atoms with Gasteiger partial charge in [-0.1, -0.05) is 29.8 Å². The van der Waals surface area contributed by atoms with E-state index in [0.29, 0.717) is 40.6 Å². The molecule has 2 N–H and O–H groups in total. The molecule has 0 unspecified atom stereocenters. The number of allylic oxidation sites excluding steroid dienone is 2. The van der Waals surface area contributed by atoms with Crippen LogP contribution in [0.15, 0.2) is 48.8 Å². The van der Waals surface area contributed by atoms with Crippen LogP contribution in [0, 0.1) is 0 Å². The first-order valence-electron chi connectivity index (χ1n) is 11.3. The van der Waals surface area contributed by atoms with E-state index in [1.807, 2.05) is 24.3 Å². The van der Waals surface area contributed by atoms with Gasteiger partial charge in [0.1, 0.15) is 6.33 Å². The van der Waals surface area contributed by atoms with Crippen LogP contribution in [0.1, 0.15) is 37.7 Å². The van der Waals surface area contributed by atoms with Gasteiger partial charge in [0.2, 0.25) is 0 Å². The van der Waals surface area contributed by atoms with Crippen LogP contribution in [0.3, 0.4) is 0 Å². The Morgan fingerprint density at radius 2 is 1.94 bits per heavy atom. The van der Waals surface area contributed by atoms with E-state index in [1.165, 1.54) is 6.33 Å². The van der Waals surface area contributed by atoms with Crippen LogP contribution in [-0.4, -0.2) is 35.3 Å². The number of hydrogen-bond acceptors (Lipinski definition) is 7. The van der Waals surface area contributed by atoms with E-state index in [0.717, 1.165) is 49.9 Å². The lowest BCUT2D eigenvalue weighted by Crippen LogP contribution is -2.21. The highest BCUT2D eigenvalue weighted by Gasteiger charge is 2.22. The molecule has 8 heteroatoms. The van der Waals surface area contributed by atoms with Gasteiger partial charge < -0.3 is 15.2 Å². The molecule has 0 radical (unpaired) electrons. The van der Waals surface area contributed by atoms with Gasteiger partial charge in [0, 0.05) is 11.6 Å². The maximum atomic E-state index is 11.1. The summed E-state index contributed by atoms with van der Waals surface area (Å²) < 4.78 is 5.89. The van der Waals surface area contributed by atoms with Gasteiger partial charge in [-0.15, -0.1) is 0 Å². The number of phenols is 1. The van der Waals surface area contributed by atoms with Crippen molar-refractivity contribution in [3.05, 3.63) is 59.4 Å². The van der Waals surface area contributed by atoms with E-state index >= 15 is 0 Å². The van der Waals surface area contributed by atoms with E-state index in [2.05, 4.69) is 27.4 Å². The lowest BCUT2D eigenvalue weighted by Gasteiger charge is -2.25. The molecular formula is C25H29ClN4O3. The summed E-state index contributed by atoms with van der Waals surface area (Å²) in [5.41, 5.74) is 2.32. The Morgan fingerprint density at radius 3 is 2.79 bits per heavy atom. The number of phenolic OH excluding ortho intramolecular Hbond substituents is 1. The topological polar surface area (TPSA) is 79.7 Å². The lowest BCUT2D eigenvalue weighted by atomic mass is 10.1. The molecule has 7 nitrogen and oxygen atoms in total. The number of aromatic hydroxyl groups is 1. The number of fused-ring (bicyclic) bond motifs is 2. The number of nitrogens with zero attached hydrogens (tertiary/aromatic N) is 3. The number of rotatable bonds is 1. The predicted molar refractivity (Wildman–Crippen MR) is 131 cm³/mol. The quantitative estimate of drug-likeness (QED) is 0.445. The lowest BCUT2D eigenvalue weighted by molar-refractivity contribution is 0.199. The summed E-state index contributed by atoms with van der Waals surface area (Å²) in [5.74, 6) is 0.791. The van der Waals surface area contributed by atoms with Crippen molar-refractivity contribution in [2.24, 2.45) is 0 Å². The zero-order chi connectivity index (χ0) is 23.0. The molecule has 0 aliphatic carbocycles. The molecule has 0 saturated heterocycles. The van der Waals surface area contributed by atoms with Crippen molar-refractivity contribution in [3.63, 3.8) is 0 Å². The highest BCUT2D eigenvalue weighted by atomic mass is 35.5. The maximum absolute atomic E-state index is 11.1. The molecule has 0 saturated carbocycles. The first-order chi connectivity index (χ1) is 16.2. The second-order valence-electron chi connectivity index (χ2n) is 7.89. The van der Waals surface area contributed by atoms with Crippen molar-refractivity contribution in [1.82, 2.24) is 15.3 Å². The largest absolute Gasteiger partial charge is 0.504 e. The van der Waals surface area contributed by atoms with Crippen molar-refractivity contribution in [1.29, 1.82) is 0 Å². The maximum Gasteiger partial charge on any atom is 0.173 e. The first kappa shape index (κ1) is 23.3. The van der Waals surface area contributed by atoms with Crippen molar-refractivity contribution in [3.8, 4) is 11.5 Å². The fraction of sp³-hybridized carbons (Fsp3) is 0.360. The molecule has 0 amide bonds. The van der Waals surface area contributed by atoms with Crippen molar-refractivity contribution in [2.75, 3.05) is 25.3 Å². The summed E-state index contributed by atoms with van der Waals surface area (Å²) in [6, 6.07) is 9.21. The molecule has 0 fully saturated rings. The van der Waals surface area contributed by atoms with Crippen LogP contribution < -0.4 is 15.1 Å². The Bertz CT molecular complexity index is 1120. The third kappa shape index (κ3) is 5.55. The molecule has 1 aliphatic rings. The van der Waals surface area contributed by atoms with Gasteiger partial charge in [0.15, 0.2) is 17.3 Å². The third-order valence-corrected chi connectivity index (χ3v) is 5.82. The van der Waals surface area contributed by atoms with Crippen molar-refractivity contribution >= 4 is 34.0 Å². The molecule has 1 aromatic heterocycles. The Labute approximate surface area is 199 Å². The van der Waals surface area contributed by atoms with Gasteiger partial charge in [0.05, 0.1) is 30.3 Å². The number of aromatic nitrogens is 2. The summed E-state index contributed by atoms with van der Waals surface area (Å²) in [5, 5.41) is 17.2. The van der Waals surface area contributed by atoms with E-state index < -0.39 is 0 Å². The predicted octanol–water partition coefficient (Wildman–Crippen LogP) is 5.68. The monoisotopic (exact) mass is 468 g/mol. The van der Waals surface area contributed by atoms with Crippen molar-refractivity contribution in [2.45, 2.75) is 38.6 Å². The summed E-state index contributed by atoms with van der Waals surface area (Å²) in [6.45, 7) is 2.06. The minimum absolute atomic E-state index is 0.0136. The normalized spacial score (nSPS) is 16.0. The number of ether oxygens (including phenoxy) is 1. The van der Waals surface area contributed by atoms with Crippen LogP contribution in [0.4, 0.5) is 11.5 Å². The SMILES string of the molecule is CON1c2cc(Cl)ccc2CNCCCCC=CCCCOc2ccc3ncnc1c3c2O. The minimum Gasteiger partial charge on any atom is -0.504 e. The number of anilines is 2. The second-order valence-corrected chi connectivity index (χ2v) is 8.32. The van der Waals surface area contributed by atoms with Gasteiger partial charge in [-0.25, -0.2) is 15.0 Å². The molecule has 1 aliphatic heterocycles. The average Bonchev–Trinajstić information content (AvgIpc) is 2.82. The van der Waals surface area contributed by atoms with Crippen LogP contribution in [0.5, 0.6) is 11.5 Å². The van der Waals surface area contributed by atoms with Gasteiger partial charge >= 0.3 is 0 Å². The molecule has 174 valence electrons. The summed E-state index contributed by atoms with van der Waals surface area (Å²) >= 11 is 6.35. The van der Waals surface area contributed by atoms with Gasteiger partial charge in [0.25, 0.3) is 0 Å². The number of benzene rings is 2. The molecule has 2 bridgehead atoms. The summed E-state index contributed by atoms with van der Waals surface area (Å²) in [4.78, 5) is 14.6. The highest BCUT2D eigenvalue weighted by Crippen LogP contribution is 2.41. The fourth-order valence-corrected chi connectivity index (χ4v) is 4.07. The van der Waals surface area contributed by atoms with Gasteiger partial charge in [-0.2, -0.15) is 0 Å². The fourth-order valence-electron chi connectivity index (χ4n) is 3.90. The minimum atomic E-state index is -0.0136. The van der Waals surface area contributed by atoms with Crippen molar-refractivity contribution < 1.29 is 14.7 Å². The van der Waals surface area contributed by atoms with Gasteiger partial charge in [-0.3, -0.25) is 4.84 Å². The highest BCUT2D eigenvalue weighted by molar-refractivity contribution is 6.30. The van der Waals surface area contributed by atoms with Gasteiger partial charge in [-0.05, 0) is 68.5 Å². The van der Waals surface area contributed by atoms with E-state index in [-0.39, 0.29) is 5.75 Å². The molecule has 33 heavy (non-hydrogen) atoms.